The fourth-order valence-corrected chi connectivity index (χ4v) is 3.74. The molecule has 0 saturated carbocycles. The Bertz CT molecular complexity index is 1440. The van der Waals surface area contributed by atoms with Crippen molar-refractivity contribution >= 4 is 40.0 Å². The lowest BCUT2D eigenvalue weighted by Gasteiger charge is -2.16. The third-order valence-corrected chi connectivity index (χ3v) is 5.44. The average Bonchev–Trinajstić information content (AvgIpc) is 3.19. The third kappa shape index (κ3) is 4.06. The van der Waals surface area contributed by atoms with Crippen molar-refractivity contribution < 1.29 is 19.1 Å². The summed E-state index contributed by atoms with van der Waals surface area (Å²) in [5.41, 5.74) is 8.87. The lowest BCUT2D eigenvalue weighted by Crippen LogP contribution is -2.16. The molecule has 0 aliphatic rings. The Morgan fingerprint density at radius 1 is 1.12 bits per heavy atom. The monoisotopic (exact) mass is 457 g/mol. The molecule has 0 atom stereocenters. The number of fused-ring (bicyclic) bond motifs is 1. The molecular formula is C25H23N5O4. The van der Waals surface area contributed by atoms with Gasteiger partial charge in [0.05, 0.1) is 31.2 Å². The van der Waals surface area contributed by atoms with Crippen molar-refractivity contribution in [3.63, 3.8) is 0 Å². The predicted octanol–water partition coefficient (Wildman–Crippen LogP) is 3.67. The van der Waals surface area contributed by atoms with Gasteiger partial charge in [0.15, 0.2) is 0 Å². The summed E-state index contributed by atoms with van der Waals surface area (Å²) in [5.74, 6) is -0.808. The first-order valence-corrected chi connectivity index (χ1v) is 10.3. The van der Waals surface area contributed by atoms with Crippen LogP contribution in [0.25, 0.3) is 27.7 Å². The first-order valence-electron chi connectivity index (χ1n) is 10.3. The summed E-state index contributed by atoms with van der Waals surface area (Å²) < 4.78 is 12.3. The molecule has 9 heteroatoms. The number of carbonyl (C=O) groups excluding carboxylic acids is 2. The van der Waals surface area contributed by atoms with Crippen LogP contribution in [-0.4, -0.2) is 40.6 Å². The van der Waals surface area contributed by atoms with E-state index in [1.165, 1.54) is 26.4 Å². The van der Waals surface area contributed by atoms with Crippen LogP contribution in [0.15, 0.2) is 61.4 Å². The quantitative estimate of drug-likeness (QED) is 0.321. The van der Waals surface area contributed by atoms with Crippen LogP contribution in [0.5, 0.6) is 5.75 Å². The molecule has 2 aromatic heterocycles. The minimum Gasteiger partial charge on any atom is -0.495 e. The summed E-state index contributed by atoms with van der Waals surface area (Å²) >= 11 is 0. The van der Waals surface area contributed by atoms with Crippen molar-refractivity contribution in [1.29, 1.82) is 0 Å². The zero-order valence-corrected chi connectivity index (χ0v) is 19.0. The minimum absolute atomic E-state index is 0.0449. The molecule has 0 unspecified atom stereocenters. The van der Waals surface area contributed by atoms with Crippen LogP contribution in [0.1, 0.15) is 15.9 Å². The summed E-state index contributed by atoms with van der Waals surface area (Å²) in [5, 5.41) is 4.17. The number of nitrogens with one attached hydrogen (secondary N) is 1. The zero-order chi connectivity index (χ0) is 24.4. The number of benzene rings is 2. The van der Waals surface area contributed by atoms with Gasteiger partial charge in [-0.3, -0.25) is 4.79 Å². The second-order valence-corrected chi connectivity index (χ2v) is 7.49. The number of amides is 1. The highest BCUT2D eigenvalue weighted by Crippen LogP contribution is 2.34. The maximum Gasteiger partial charge on any atom is 0.338 e. The molecule has 0 fully saturated rings. The van der Waals surface area contributed by atoms with E-state index in [1.807, 2.05) is 48.1 Å². The van der Waals surface area contributed by atoms with E-state index in [1.54, 1.807) is 6.20 Å². The van der Waals surface area contributed by atoms with Crippen LogP contribution in [0.2, 0.25) is 0 Å². The van der Waals surface area contributed by atoms with Gasteiger partial charge in [-0.2, -0.15) is 0 Å². The van der Waals surface area contributed by atoms with Gasteiger partial charge in [-0.15, -0.1) is 0 Å². The van der Waals surface area contributed by atoms with Gasteiger partial charge >= 0.3 is 5.97 Å². The zero-order valence-electron chi connectivity index (χ0n) is 19.0. The molecule has 4 rings (SSSR count). The van der Waals surface area contributed by atoms with Gasteiger partial charge in [0.2, 0.25) is 11.9 Å². The number of rotatable bonds is 7. The van der Waals surface area contributed by atoms with Gasteiger partial charge < -0.3 is 25.1 Å². The second-order valence-electron chi connectivity index (χ2n) is 7.49. The molecule has 2 heterocycles. The van der Waals surface area contributed by atoms with E-state index < -0.39 is 11.9 Å². The van der Waals surface area contributed by atoms with Crippen molar-refractivity contribution in [2.45, 2.75) is 0 Å². The third-order valence-electron chi connectivity index (χ3n) is 5.44. The smallest absolute Gasteiger partial charge is 0.338 e. The van der Waals surface area contributed by atoms with Crippen LogP contribution >= 0.6 is 0 Å². The summed E-state index contributed by atoms with van der Waals surface area (Å²) in [6, 6.07) is 12.9. The molecule has 172 valence electrons. The highest BCUT2D eigenvalue weighted by molar-refractivity contribution is 6.20. The number of nitrogens with two attached hydrogens (primary N) is 1. The molecular weight excluding hydrogens is 434 g/mol. The fourth-order valence-electron chi connectivity index (χ4n) is 3.74. The number of aromatic nitrogens is 3. The molecule has 0 aliphatic heterocycles. The number of anilines is 2. The Kier molecular flexibility index (Phi) is 6.01. The Morgan fingerprint density at radius 3 is 2.59 bits per heavy atom. The molecule has 4 aromatic rings. The molecule has 3 N–H and O–H groups in total. The van der Waals surface area contributed by atoms with Crippen LogP contribution in [0, 0.1) is 0 Å². The Hall–Kier alpha value is -4.66. The van der Waals surface area contributed by atoms with E-state index in [-0.39, 0.29) is 16.7 Å². The highest BCUT2D eigenvalue weighted by atomic mass is 16.5. The molecule has 34 heavy (non-hydrogen) atoms. The number of hydrogen-bond donors (Lipinski definition) is 2. The normalized spacial score (nSPS) is 10.7. The maximum atomic E-state index is 12.3. The highest BCUT2D eigenvalue weighted by Gasteiger charge is 2.21. The average molecular weight is 457 g/mol. The first-order chi connectivity index (χ1) is 16.3. The van der Waals surface area contributed by atoms with Crippen LogP contribution in [0.3, 0.4) is 0 Å². The van der Waals surface area contributed by atoms with Crippen molar-refractivity contribution in [2.75, 3.05) is 19.5 Å². The number of hydrogen-bond acceptors (Lipinski definition) is 7. The molecule has 2 aromatic carbocycles. The lowest BCUT2D eigenvalue weighted by molar-refractivity contribution is -0.112. The van der Waals surface area contributed by atoms with E-state index in [0.29, 0.717) is 17.4 Å². The second kappa shape index (κ2) is 9.07. The molecule has 0 saturated heterocycles. The van der Waals surface area contributed by atoms with Crippen molar-refractivity contribution in [3.8, 4) is 17.0 Å². The number of aryl methyl sites for hydroxylation is 1. The van der Waals surface area contributed by atoms with Gasteiger partial charge in [0.1, 0.15) is 5.75 Å². The summed E-state index contributed by atoms with van der Waals surface area (Å²) in [6.07, 6.45) is 3.66. The van der Waals surface area contributed by atoms with E-state index in [9.17, 15) is 9.59 Å². The van der Waals surface area contributed by atoms with Gasteiger partial charge in [0, 0.05) is 47.0 Å². The minimum atomic E-state index is -0.768. The van der Waals surface area contributed by atoms with Crippen LogP contribution < -0.4 is 15.8 Å². The number of nitrogens with zero attached hydrogens (tertiary/aromatic N) is 3. The van der Waals surface area contributed by atoms with E-state index in [4.69, 9.17) is 15.2 Å². The number of ether oxygens (including phenoxy) is 2. The van der Waals surface area contributed by atoms with Gasteiger partial charge in [-0.1, -0.05) is 24.8 Å². The molecule has 0 spiro atoms. The van der Waals surface area contributed by atoms with Gasteiger partial charge in [0.25, 0.3) is 0 Å². The molecule has 0 aliphatic carbocycles. The Balaban J connectivity index is 1.78. The first kappa shape index (κ1) is 22.5. The van der Waals surface area contributed by atoms with Crippen LogP contribution in [-0.2, 0) is 16.6 Å². The Labute approximate surface area is 195 Å². The van der Waals surface area contributed by atoms with Crippen molar-refractivity contribution in [2.24, 2.45) is 12.8 Å². The number of para-hydroxylation sites is 1. The topological polar surface area (TPSA) is 121 Å². The van der Waals surface area contributed by atoms with Crippen molar-refractivity contribution in [3.05, 3.63) is 72.6 Å². The fraction of sp³-hybridized carbons (Fsp3) is 0.120. The maximum absolute atomic E-state index is 12.3. The van der Waals surface area contributed by atoms with E-state index in [2.05, 4.69) is 21.9 Å². The lowest BCUT2D eigenvalue weighted by atomic mass is 9.98. The molecule has 9 nitrogen and oxygen atoms in total. The summed E-state index contributed by atoms with van der Waals surface area (Å²) in [6.45, 7) is 3.71. The number of esters is 1. The van der Waals surface area contributed by atoms with E-state index in [0.717, 1.165) is 22.2 Å². The summed E-state index contributed by atoms with van der Waals surface area (Å²) in [4.78, 5) is 33.1. The number of carbonyl (C=O) groups is 2. The van der Waals surface area contributed by atoms with Crippen molar-refractivity contribution in [1.82, 2.24) is 14.5 Å². The standard InChI is InChI=1S/C25H23N5O4/c1-14(23(26)31)16-11-20(22(33-3)12-17(16)24(32)34-4)29-25-27-10-9-19(28-25)18-13-30(2)21-8-6-5-7-15(18)21/h5-13H,1H2,2-4H3,(H2,26,31)(H,27,28,29). The van der Waals surface area contributed by atoms with Gasteiger partial charge in [-0.25, -0.2) is 14.8 Å². The SMILES string of the molecule is C=C(C(N)=O)c1cc(Nc2nccc(-c3cn(C)c4ccccc34)n2)c(OC)cc1C(=O)OC. The van der Waals surface area contributed by atoms with E-state index >= 15 is 0 Å². The number of primary amides is 1. The predicted molar refractivity (Wildman–Crippen MR) is 130 cm³/mol. The number of methoxy groups -OCH3 is 2. The molecule has 0 radical (unpaired) electrons. The van der Waals surface area contributed by atoms with Crippen LogP contribution in [0.4, 0.5) is 11.6 Å². The summed E-state index contributed by atoms with van der Waals surface area (Å²) in [7, 11) is 4.68. The molecule has 0 bridgehead atoms. The van der Waals surface area contributed by atoms with Gasteiger partial charge in [-0.05, 0) is 24.3 Å². The Morgan fingerprint density at radius 2 is 1.88 bits per heavy atom. The largest absolute Gasteiger partial charge is 0.495 e. The molecule has 1 amide bonds.